The lowest BCUT2D eigenvalue weighted by Crippen LogP contribution is -2.43. The first-order valence-electron chi connectivity index (χ1n) is 9.65. The van der Waals surface area contributed by atoms with Gasteiger partial charge in [-0.3, -0.25) is 4.90 Å². The molecule has 1 aliphatic rings. The smallest absolute Gasteiger partial charge is 0.315 e. The highest BCUT2D eigenvalue weighted by molar-refractivity contribution is 5.74. The fourth-order valence-electron chi connectivity index (χ4n) is 3.66. The Morgan fingerprint density at radius 1 is 1.11 bits per heavy atom. The van der Waals surface area contributed by atoms with Crippen LogP contribution in [0.4, 0.5) is 4.79 Å². The maximum Gasteiger partial charge on any atom is 0.315 e. The van der Waals surface area contributed by atoms with Crippen LogP contribution < -0.4 is 10.6 Å². The van der Waals surface area contributed by atoms with E-state index < -0.39 is 0 Å². The number of carbonyl (C=O) groups is 1. The summed E-state index contributed by atoms with van der Waals surface area (Å²) < 4.78 is 1.95. The van der Waals surface area contributed by atoms with Crippen molar-refractivity contribution < 1.29 is 4.79 Å². The Morgan fingerprint density at radius 2 is 1.93 bits per heavy atom. The SMILES string of the molecule is O=C(NCc1ccccc1-n1ccnc1)NC1CCN(Cc2ccccc2)C1. The van der Waals surface area contributed by atoms with E-state index in [-0.39, 0.29) is 12.1 Å². The summed E-state index contributed by atoms with van der Waals surface area (Å²) in [6, 6.07) is 18.5. The second kappa shape index (κ2) is 8.71. The highest BCUT2D eigenvalue weighted by Gasteiger charge is 2.23. The lowest BCUT2D eigenvalue weighted by atomic mass is 10.1. The molecule has 0 spiro atoms. The Balaban J connectivity index is 1.27. The van der Waals surface area contributed by atoms with Gasteiger partial charge in [-0.1, -0.05) is 48.5 Å². The first-order chi connectivity index (χ1) is 13.8. The first kappa shape index (κ1) is 18.3. The van der Waals surface area contributed by atoms with Crippen molar-refractivity contribution in [2.45, 2.75) is 25.6 Å². The third-order valence-electron chi connectivity index (χ3n) is 5.07. The average Bonchev–Trinajstić information content (AvgIpc) is 3.40. The van der Waals surface area contributed by atoms with Crippen LogP contribution in [0.5, 0.6) is 0 Å². The van der Waals surface area contributed by atoms with Gasteiger partial charge in [-0.15, -0.1) is 0 Å². The minimum Gasteiger partial charge on any atom is -0.334 e. The fourth-order valence-corrected chi connectivity index (χ4v) is 3.66. The Labute approximate surface area is 165 Å². The molecule has 1 aromatic heterocycles. The minimum atomic E-state index is -0.119. The second-order valence-corrected chi connectivity index (χ2v) is 7.13. The summed E-state index contributed by atoms with van der Waals surface area (Å²) in [6.45, 7) is 3.29. The van der Waals surface area contributed by atoms with Crippen molar-refractivity contribution in [3.8, 4) is 5.69 Å². The monoisotopic (exact) mass is 375 g/mol. The molecule has 28 heavy (non-hydrogen) atoms. The lowest BCUT2D eigenvalue weighted by molar-refractivity contribution is 0.235. The van der Waals surface area contributed by atoms with E-state index in [4.69, 9.17) is 0 Å². The minimum absolute atomic E-state index is 0.119. The average molecular weight is 375 g/mol. The van der Waals surface area contributed by atoms with Gasteiger partial charge < -0.3 is 15.2 Å². The van der Waals surface area contributed by atoms with E-state index in [1.54, 1.807) is 12.5 Å². The van der Waals surface area contributed by atoms with Crippen molar-refractivity contribution in [3.63, 3.8) is 0 Å². The highest BCUT2D eigenvalue weighted by atomic mass is 16.2. The molecule has 1 unspecified atom stereocenters. The molecule has 1 fully saturated rings. The molecule has 1 aliphatic heterocycles. The molecule has 0 bridgehead atoms. The molecule has 2 N–H and O–H groups in total. The van der Waals surface area contributed by atoms with Crippen LogP contribution in [0.1, 0.15) is 17.5 Å². The van der Waals surface area contributed by atoms with Gasteiger partial charge in [0.2, 0.25) is 0 Å². The van der Waals surface area contributed by atoms with Crippen molar-refractivity contribution in [2.75, 3.05) is 13.1 Å². The Hall–Kier alpha value is -3.12. The van der Waals surface area contributed by atoms with Gasteiger partial charge in [-0.05, 0) is 23.6 Å². The van der Waals surface area contributed by atoms with E-state index in [1.165, 1.54) is 5.56 Å². The van der Waals surface area contributed by atoms with Crippen molar-refractivity contribution in [1.82, 2.24) is 25.1 Å². The van der Waals surface area contributed by atoms with Crippen molar-refractivity contribution in [2.24, 2.45) is 0 Å². The number of likely N-dealkylation sites (tertiary alicyclic amines) is 1. The maximum atomic E-state index is 12.4. The summed E-state index contributed by atoms with van der Waals surface area (Å²) in [5, 5.41) is 6.10. The molecule has 6 heteroatoms. The number of amides is 2. The third kappa shape index (κ3) is 4.58. The Morgan fingerprint density at radius 3 is 2.75 bits per heavy atom. The van der Waals surface area contributed by atoms with Crippen LogP contribution in [0.15, 0.2) is 73.3 Å². The van der Waals surface area contributed by atoms with Crippen LogP contribution in [0.25, 0.3) is 5.69 Å². The summed E-state index contributed by atoms with van der Waals surface area (Å²) in [5.74, 6) is 0. The van der Waals surface area contributed by atoms with E-state index in [0.717, 1.165) is 37.3 Å². The van der Waals surface area contributed by atoms with E-state index in [0.29, 0.717) is 6.54 Å². The topological polar surface area (TPSA) is 62.2 Å². The number of rotatable bonds is 6. The van der Waals surface area contributed by atoms with Gasteiger partial charge in [0, 0.05) is 44.6 Å². The van der Waals surface area contributed by atoms with Gasteiger partial charge in [0.25, 0.3) is 0 Å². The van der Waals surface area contributed by atoms with E-state index in [1.807, 2.05) is 41.1 Å². The summed E-state index contributed by atoms with van der Waals surface area (Å²) in [5.41, 5.74) is 3.38. The van der Waals surface area contributed by atoms with Crippen LogP contribution in [0, 0.1) is 0 Å². The number of nitrogens with one attached hydrogen (secondary N) is 2. The van der Waals surface area contributed by atoms with Gasteiger partial charge in [0.1, 0.15) is 0 Å². The zero-order chi connectivity index (χ0) is 19.2. The van der Waals surface area contributed by atoms with Crippen molar-refractivity contribution in [1.29, 1.82) is 0 Å². The van der Waals surface area contributed by atoms with Crippen LogP contribution in [-0.2, 0) is 13.1 Å². The van der Waals surface area contributed by atoms with Crippen LogP contribution in [0.3, 0.4) is 0 Å². The highest BCUT2D eigenvalue weighted by Crippen LogP contribution is 2.15. The molecule has 0 radical (unpaired) electrons. The number of benzene rings is 2. The molecule has 2 heterocycles. The van der Waals surface area contributed by atoms with E-state index >= 15 is 0 Å². The molecular formula is C22H25N5O. The quantitative estimate of drug-likeness (QED) is 0.696. The van der Waals surface area contributed by atoms with Gasteiger partial charge in [0.15, 0.2) is 0 Å². The molecular weight excluding hydrogens is 350 g/mol. The van der Waals surface area contributed by atoms with Crippen LogP contribution in [0.2, 0.25) is 0 Å². The number of hydrogen-bond donors (Lipinski definition) is 2. The number of nitrogens with zero attached hydrogens (tertiary/aromatic N) is 3. The number of para-hydroxylation sites is 1. The van der Waals surface area contributed by atoms with Gasteiger partial charge in [0.05, 0.1) is 12.0 Å². The zero-order valence-electron chi connectivity index (χ0n) is 15.8. The standard InChI is InChI=1S/C22H25N5O/c28-22(24-14-19-8-4-5-9-21(19)27-13-11-23-17-27)25-20-10-12-26(16-20)15-18-6-2-1-3-7-18/h1-9,11,13,17,20H,10,12,14-16H2,(H2,24,25,28). The molecule has 0 aliphatic carbocycles. The molecule has 2 amide bonds. The van der Waals surface area contributed by atoms with Gasteiger partial charge in [-0.25, -0.2) is 9.78 Å². The van der Waals surface area contributed by atoms with Crippen LogP contribution >= 0.6 is 0 Å². The molecule has 0 saturated carbocycles. The number of hydrogen-bond acceptors (Lipinski definition) is 3. The summed E-state index contributed by atoms with van der Waals surface area (Å²) in [7, 11) is 0. The second-order valence-electron chi connectivity index (χ2n) is 7.13. The normalized spacial score (nSPS) is 16.8. The van der Waals surface area contributed by atoms with E-state index in [2.05, 4.69) is 44.8 Å². The Bertz CT molecular complexity index is 894. The summed E-state index contributed by atoms with van der Waals surface area (Å²) in [4.78, 5) is 18.9. The number of imidazole rings is 1. The molecule has 6 nitrogen and oxygen atoms in total. The fraction of sp³-hybridized carbons (Fsp3) is 0.273. The first-order valence-corrected chi connectivity index (χ1v) is 9.65. The van der Waals surface area contributed by atoms with Gasteiger partial charge in [-0.2, -0.15) is 0 Å². The summed E-state index contributed by atoms with van der Waals surface area (Å²) >= 11 is 0. The molecule has 4 rings (SSSR count). The zero-order valence-corrected chi connectivity index (χ0v) is 15.8. The van der Waals surface area contributed by atoms with Gasteiger partial charge >= 0.3 is 6.03 Å². The predicted molar refractivity (Wildman–Crippen MR) is 109 cm³/mol. The van der Waals surface area contributed by atoms with Crippen LogP contribution in [-0.4, -0.2) is 39.6 Å². The number of carbonyl (C=O) groups excluding carboxylic acids is 1. The molecule has 1 saturated heterocycles. The predicted octanol–water partition coefficient (Wildman–Crippen LogP) is 2.95. The lowest BCUT2D eigenvalue weighted by Gasteiger charge is -2.17. The Kier molecular flexibility index (Phi) is 5.68. The third-order valence-corrected chi connectivity index (χ3v) is 5.07. The van der Waals surface area contributed by atoms with Crippen molar-refractivity contribution >= 4 is 6.03 Å². The maximum absolute atomic E-state index is 12.4. The molecule has 3 aromatic rings. The molecule has 144 valence electrons. The largest absolute Gasteiger partial charge is 0.334 e. The number of urea groups is 1. The molecule has 2 aromatic carbocycles. The molecule has 1 atom stereocenters. The summed E-state index contributed by atoms with van der Waals surface area (Å²) in [6.07, 6.45) is 6.39. The van der Waals surface area contributed by atoms with Crippen molar-refractivity contribution in [3.05, 3.63) is 84.4 Å². The van der Waals surface area contributed by atoms with E-state index in [9.17, 15) is 4.79 Å². The number of aromatic nitrogens is 2.